The van der Waals surface area contributed by atoms with E-state index in [4.69, 9.17) is 11.6 Å². The van der Waals surface area contributed by atoms with Crippen LogP contribution in [0.1, 0.15) is 45.4 Å². The summed E-state index contributed by atoms with van der Waals surface area (Å²) >= 11 is 6.37. The van der Waals surface area contributed by atoms with Crippen LogP contribution in [0, 0.1) is 10.7 Å². The van der Waals surface area contributed by atoms with Crippen LogP contribution in [-0.2, 0) is 7.05 Å². The molecule has 1 amide bonds. The average Bonchev–Trinajstić information content (AvgIpc) is 2.80. The predicted molar refractivity (Wildman–Crippen MR) is 123 cm³/mol. The molecule has 0 fully saturated rings. The number of halogens is 5. The highest BCUT2D eigenvalue weighted by Crippen LogP contribution is 2.39. The zero-order valence-electron chi connectivity index (χ0n) is 18.4. The number of rotatable bonds is 8. The van der Waals surface area contributed by atoms with Gasteiger partial charge in [-0.2, -0.15) is 18.1 Å². The van der Waals surface area contributed by atoms with Crippen molar-refractivity contribution in [2.24, 2.45) is 12.2 Å². The van der Waals surface area contributed by atoms with E-state index in [2.05, 4.69) is 5.18 Å². The molecular weight excluding hydrogens is 490 g/mol. The Kier molecular flexibility index (Phi) is 8.06. The smallest absolute Gasteiger partial charge is 0.343 e. The molecule has 1 N–H and O–H groups in total. The van der Waals surface area contributed by atoms with Crippen LogP contribution in [0.5, 0.6) is 0 Å². The number of amides is 1. The van der Waals surface area contributed by atoms with Crippen molar-refractivity contribution in [3.8, 4) is 0 Å². The molecule has 184 valence electrons. The first-order chi connectivity index (χ1) is 16.5. The summed E-state index contributed by atoms with van der Waals surface area (Å²) in [6, 6.07) is 12.1. The molecule has 0 aliphatic carbocycles. The van der Waals surface area contributed by atoms with Gasteiger partial charge in [-0.25, -0.2) is 4.39 Å². The minimum absolute atomic E-state index is 0.0461. The van der Waals surface area contributed by atoms with Crippen LogP contribution >= 0.6 is 11.6 Å². The Morgan fingerprint density at radius 2 is 1.80 bits per heavy atom. The van der Waals surface area contributed by atoms with Crippen molar-refractivity contribution in [1.82, 2.24) is 9.88 Å². The van der Waals surface area contributed by atoms with E-state index in [1.807, 2.05) is 0 Å². The monoisotopic (exact) mass is 509 g/mol. The van der Waals surface area contributed by atoms with Crippen molar-refractivity contribution in [3.05, 3.63) is 109 Å². The van der Waals surface area contributed by atoms with Gasteiger partial charge in [0.2, 0.25) is 5.56 Å². The zero-order chi connectivity index (χ0) is 25.8. The number of aromatic nitrogens is 1. The van der Waals surface area contributed by atoms with Crippen LogP contribution in [0.2, 0.25) is 5.02 Å². The van der Waals surface area contributed by atoms with Crippen molar-refractivity contribution >= 4 is 17.5 Å². The van der Waals surface area contributed by atoms with E-state index in [0.29, 0.717) is 21.7 Å². The highest BCUT2D eigenvalue weighted by molar-refractivity contribution is 6.31. The average molecular weight is 510 g/mol. The molecule has 0 saturated carbocycles. The van der Waals surface area contributed by atoms with Crippen LogP contribution in [0.3, 0.4) is 0 Å². The summed E-state index contributed by atoms with van der Waals surface area (Å²) in [5.74, 6) is -2.90. The third-order valence-corrected chi connectivity index (χ3v) is 5.79. The topological polar surface area (TPSA) is 80.5 Å². The maximum Gasteiger partial charge on any atom is 0.405 e. The van der Waals surface area contributed by atoms with Gasteiger partial charge in [-0.05, 0) is 47.4 Å². The van der Waals surface area contributed by atoms with Gasteiger partial charge in [0.1, 0.15) is 18.4 Å². The van der Waals surface area contributed by atoms with Crippen LogP contribution in [-0.4, -0.2) is 23.2 Å². The summed E-state index contributed by atoms with van der Waals surface area (Å²) in [6.45, 7) is -1.60. The molecule has 0 saturated heterocycles. The maximum atomic E-state index is 14.8. The Balaban J connectivity index is 1.99. The van der Waals surface area contributed by atoms with E-state index < -0.39 is 42.0 Å². The first-order valence-corrected chi connectivity index (χ1v) is 10.8. The summed E-state index contributed by atoms with van der Waals surface area (Å²) in [4.78, 5) is 35.5. The molecule has 0 radical (unpaired) electrons. The van der Waals surface area contributed by atoms with Gasteiger partial charge in [-0.3, -0.25) is 9.59 Å². The molecule has 3 aromatic rings. The number of nitrogens with one attached hydrogen (secondary N) is 1. The molecule has 11 heteroatoms. The predicted octanol–water partition coefficient (Wildman–Crippen LogP) is 5.50. The van der Waals surface area contributed by atoms with E-state index in [1.54, 1.807) is 29.6 Å². The second-order valence-corrected chi connectivity index (χ2v) is 8.29. The number of pyridine rings is 1. The van der Waals surface area contributed by atoms with Crippen molar-refractivity contribution in [1.29, 1.82) is 0 Å². The SMILES string of the molecule is Cn1cc(C(CC(c2ccc(C(=O)NCC(F)(F)F)c(F)c2)c2ccccc2Cl)N=O)ccc1=O. The Labute approximate surface area is 202 Å². The van der Waals surface area contributed by atoms with Gasteiger partial charge in [0.25, 0.3) is 5.91 Å². The van der Waals surface area contributed by atoms with Crippen molar-refractivity contribution in [2.75, 3.05) is 6.54 Å². The van der Waals surface area contributed by atoms with Gasteiger partial charge in [0.15, 0.2) is 0 Å². The number of hydrogen-bond acceptors (Lipinski definition) is 4. The van der Waals surface area contributed by atoms with E-state index in [0.717, 1.165) is 12.1 Å². The zero-order valence-corrected chi connectivity index (χ0v) is 19.1. The summed E-state index contributed by atoms with van der Waals surface area (Å²) in [5.41, 5.74) is 0.520. The Morgan fingerprint density at radius 1 is 1.11 bits per heavy atom. The molecule has 6 nitrogen and oxygen atoms in total. The molecular formula is C24H20ClF4N3O3. The second kappa shape index (κ2) is 10.8. The van der Waals surface area contributed by atoms with Crippen molar-refractivity contribution in [3.63, 3.8) is 0 Å². The largest absolute Gasteiger partial charge is 0.405 e. The standard InChI is InChI=1S/C24H20ClF4N3O3/c1-32-12-15(7-9-22(32)33)21(31-35)11-18(16-4-2-3-5-19(16)25)14-6-8-17(20(26)10-14)23(34)30-13-24(27,28)29/h2-10,12,18,21H,11,13H2,1H3,(H,30,34). The number of carbonyl (C=O) groups is 1. The lowest BCUT2D eigenvalue weighted by atomic mass is 9.84. The van der Waals surface area contributed by atoms with Gasteiger partial charge >= 0.3 is 6.18 Å². The molecule has 35 heavy (non-hydrogen) atoms. The van der Waals surface area contributed by atoms with Gasteiger partial charge in [0, 0.05) is 30.3 Å². The third-order valence-electron chi connectivity index (χ3n) is 5.45. The highest BCUT2D eigenvalue weighted by Gasteiger charge is 2.29. The van der Waals surface area contributed by atoms with Crippen LogP contribution in [0.15, 0.2) is 70.8 Å². The molecule has 1 aromatic heterocycles. The number of nitroso groups, excluding NO2 is 1. The molecule has 0 bridgehead atoms. The van der Waals surface area contributed by atoms with E-state index >= 15 is 0 Å². The minimum Gasteiger partial charge on any atom is -0.343 e. The lowest BCUT2D eigenvalue weighted by Gasteiger charge is -2.22. The van der Waals surface area contributed by atoms with Crippen molar-refractivity contribution in [2.45, 2.75) is 24.6 Å². The molecule has 1 heterocycles. The Hall–Kier alpha value is -3.53. The number of nitrogens with zero attached hydrogens (tertiary/aromatic N) is 2. The number of aryl methyl sites for hydroxylation is 1. The Morgan fingerprint density at radius 3 is 2.40 bits per heavy atom. The lowest BCUT2D eigenvalue weighted by Crippen LogP contribution is -2.34. The minimum atomic E-state index is -4.64. The molecule has 2 atom stereocenters. The summed E-state index contributed by atoms with van der Waals surface area (Å²) in [6.07, 6.45) is -3.11. The van der Waals surface area contributed by atoms with Crippen molar-refractivity contribution < 1.29 is 22.4 Å². The fourth-order valence-corrected chi connectivity index (χ4v) is 3.95. The first-order valence-electron chi connectivity index (χ1n) is 10.4. The molecule has 2 unspecified atom stereocenters. The second-order valence-electron chi connectivity index (χ2n) is 7.88. The van der Waals surface area contributed by atoms with Gasteiger partial charge in [-0.1, -0.05) is 41.0 Å². The number of hydrogen-bond donors (Lipinski definition) is 1. The van der Waals surface area contributed by atoms with E-state index in [1.165, 1.54) is 36.0 Å². The summed E-state index contributed by atoms with van der Waals surface area (Å²) in [5, 5.41) is 5.17. The number of benzene rings is 2. The molecule has 2 aromatic carbocycles. The van der Waals surface area contributed by atoms with Crippen LogP contribution < -0.4 is 10.9 Å². The van der Waals surface area contributed by atoms with Gasteiger partial charge < -0.3 is 9.88 Å². The molecule has 0 aliphatic rings. The fourth-order valence-electron chi connectivity index (χ4n) is 3.68. The van der Waals surface area contributed by atoms with Gasteiger partial charge in [-0.15, -0.1) is 0 Å². The molecule has 3 rings (SSSR count). The maximum absolute atomic E-state index is 14.8. The Bertz CT molecular complexity index is 1290. The first kappa shape index (κ1) is 26.1. The van der Waals surface area contributed by atoms with Crippen LogP contribution in [0.4, 0.5) is 17.6 Å². The lowest BCUT2D eigenvalue weighted by molar-refractivity contribution is -0.123. The van der Waals surface area contributed by atoms with Gasteiger partial charge in [0.05, 0.1) is 5.56 Å². The quantitative estimate of drug-likeness (QED) is 0.321. The highest BCUT2D eigenvalue weighted by atomic mass is 35.5. The molecule has 0 spiro atoms. The molecule has 0 aliphatic heterocycles. The number of carbonyl (C=O) groups excluding carboxylic acids is 1. The third kappa shape index (κ3) is 6.54. The van der Waals surface area contributed by atoms with E-state index in [-0.39, 0.29) is 12.0 Å². The normalized spacial score (nSPS) is 13.2. The summed E-state index contributed by atoms with van der Waals surface area (Å²) < 4.78 is 53.3. The fraction of sp³-hybridized carbons (Fsp3) is 0.250. The number of alkyl halides is 3. The van der Waals surface area contributed by atoms with Crippen LogP contribution in [0.25, 0.3) is 0 Å². The van der Waals surface area contributed by atoms with E-state index in [9.17, 15) is 32.1 Å². The summed E-state index contributed by atoms with van der Waals surface area (Å²) in [7, 11) is 1.52.